The standard InChI is InChI=1S/C9H13N2O/c1-11(2)7-9(12)8-5-3-4-6-10-8/h3-4,6,9,12H,7H2,1-2H3. The number of nitrogens with zero attached hydrogens (tertiary/aromatic N) is 2. The first-order chi connectivity index (χ1) is 5.70. The zero-order valence-electron chi connectivity index (χ0n) is 7.36. The number of likely N-dealkylation sites (N-methyl/N-ethyl adjacent to an activating group) is 1. The topological polar surface area (TPSA) is 36.4 Å². The molecule has 0 amide bonds. The molecule has 1 rings (SSSR count). The molecular formula is C9H13N2O. The van der Waals surface area contributed by atoms with Crippen molar-refractivity contribution in [3.63, 3.8) is 0 Å². The first kappa shape index (κ1) is 9.16. The van der Waals surface area contributed by atoms with Crippen LogP contribution < -0.4 is 0 Å². The highest BCUT2D eigenvalue weighted by molar-refractivity contribution is 5.04. The number of aromatic nitrogens is 1. The number of hydrogen-bond acceptors (Lipinski definition) is 3. The van der Waals surface area contributed by atoms with E-state index in [4.69, 9.17) is 0 Å². The van der Waals surface area contributed by atoms with Crippen molar-refractivity contribution in [1.82, 2.24) is 9.88 Å². The molecule has 1 aromatic heterocycles. The van der Waals surface area contributed by atoms with E-state index >= 15 is 0 Å². The minimum absolute atomic E-state index is 0.541. The molecule has 1 aromatic rings. The van der Waals surface area contributed by atoms with Gasteiger partial charge < -0.3 is 10.0 Å². The molecule has 0 aliphatic carbocycles. The molecule has 1 heterocycles. The van der Waals surface area contributed by atoms with Crippen LogP contribution in [0.15, 0.2) is 18.3 Å². The molecule has 0 aliphatic rings. The summed E-state index contributed by atoms with van der Waals surface area (Å²) >= 11 is 0. The van der Waals surface area contributed by atoms with Gasteiger partial charge in [-0.05, 0) is 20.2 Å². The Hall–Kier alpha value is -0.930. The van der Waals surface area contributed by atoms with Crippen LogP contribution in [-0.2, 0) is 0 Å². The average molecular weight is 165 g/mol. The Balaban J connectivity index is 2.59. The van der Waals surface area contributed by atoms with Gasteiger partial charge in [0.05, 0.1) is 5.69 Å². The van der Waals surface area contributed by atoms with E-state index in [0.717, 1.165) is 0 Å². The summed E-state index contributed by atoms with van der Waals surface area (Å²) in [5.41, 5.74) is 0.603. The Morgan fingerprint density at radius 1 is 1.67 bits per heavy atom. The van der Waals surface area contributed by atoms with Crippen LogP contribution in [0.3, 0.4) is 0 Å². The van der Waals surface area contributed by atoms with Crippen LogP contribution in [-0.4, -0.2) is 35.6 Å². The molecular weight excluding hydrogens is 152 g/mol. The first-order valence-corrected chi connectivity index (χ1v) is 3.85. The number of pyridine rings is 1. The molecule has 0 aromatic carbocycles. The second kappa shape index (κ2) is 4.18. The molecule has 0 aliphatic heterocycles. The Labute approximate surface area is 72.7 Å². The van der Waals surface area contributed by atoms with E-state index < -0.39 is 6.10 Å². The minimum Gasteiger partial charge on any atom is -0.385 e. The molecule has 0 fully saturated rings. The maximum absolute atomic E-state index is 9.56. The minimum atomic E-state index is -0.541. The lowest BCUT2D eigenvalue weighted by Gasteiger charge is -2.14. The largest absolute Gasteiger partial charge is 0.385 e. The molecule has 1 N–H and O–H groups in total. The van der Waals surface area contributed by atoms with Crippen LogP contribution in [0.4, 0.5) is 0 Å². The van der Waals surface area contributed by atoms with Crippen molar-refractivity contribution in [2.75, 3.05) is 20.6 Å². The predicted octanol–water partition coefficient (Wildman–Crippen LogP) is 0.477. The van der Waals surface area contributed by atoms with E-state index in [9.17, 15) is 5.11 Å². The van der Waals surface area contributed by atoms with Crippen LogP contribution in [0.2, 0.25) is 0 Å². The molecule has 3 nitrogen and oxygen atoms in total. The summed E-state index contributed by atoms with van der Waals surface area (Å²) in [7, 11) is 3.82. The van der Waals surface area contributed by atoms with Crippen molar-refractivity contribution >= 4 is 0 Å². The molecule has 65 valence electrons. The summed E-state index contributed by atoms with van der Waals surface area (Å²) in [6.45, 7) is 0.577. The third-order valence-corrected chi connectivity index (χ3v) is 1.48. The molecule has 0 bridgehead atoms. The lowest BCUT2D eigenvalue weighted by Crippen LogP contribution is -2.20. The Kier molecular flexibility index (Phi) is 3.19. The van der Waals surface area contributed by atoms with Crippen LogP contribution in [0, 0.1) is 6.07 Å². The Morgan fingerprint density at radius 3 is 2.92 bits per heavy atom. The molecule has 0 saturated heterocycles. The van der Waals surface area contributed by atoms with Crippen LogP contribution >= 0.6 is 0 Å². The molecule has 0 spiro atoms. The second-order valence-corrected chi connectivity index (χ2v) is 2.94. The predicted molar refractivity (Wildman–Crippen MR) is 46.6 cm³/mol. The number of hydrogen-bond donors (Lipinski definition) is 1. The third kappa shape index (κ3) is 2.60. The van der Waals surface area contributed by atoms with E-state index in [2.05, 4.69) is 11.1 Å². The molecule has 12 heavy (non-hydrogen) atoms. The van der Waals surface area contributed by atoms with Crippen LogP contribution in [0.1, 0.15) is 11.8 Å². The smallest absolute Gasteiger partial charge is 0.109 e. The molecule has 1 radical (unpaired) electrons. The van der Waals surface area contributed by atoms with Crippen molar-refractivity contribution in [3.8, 4) is 0 Å². The summed E-state index contributed by atoms with van der Waals surface area (Å²) in [5.74, 6) is 0. The van der Waals surface area contributed by atoms with Gasteiger partial charge in [-0.3, -0.25) is 4.98 Å². The summed E-state index contributed by atoms with van der Waals surface area (Å²) in [4.78, 5) is 5.91. The number of rotatable bonds is 3. The van der Waals surface area contributed by atoms with Gasteiger partial charge in [-0.1, -0.05) is 6.07 Å². The normalized spacial score (nSPS) is 13.3. The van der Waals surface area contributed by atoms with Crippen LogP contribution in [0.5, 0.6) is 0 Å². The quantitative estimate of drug-likeness (QED) is 0.707. The van der Waals surface area contributed by atoms with Gasteiger partial charge in [0.2, 0.25) is 0 Å². The lowest BCUT2D eigenvalue weighted by molar-refractivity contribution is 0.134. The summed E-state index contributed by atoms with van der Waals surface area (Å²) in [6, 6.07) is 6.42. The highest BCUT2D eigenvalue weighted by Crippen LogP contribution is 2.07. The van der Waals surface area contributed by atoms with Gasteiger partial charge in [0, 0.05) is 18.8 Å². The van der Waals surface area contributed by atoms with Gasteiger partial charge in [0.15, 0.2) is 0 Å². The van der Waals surface area contributed by atoms with Gasteiger partial charge in [0.1, 0.15) is 6.10 Å². The summed E-state index contributed by atoms with van der Waals surface area (Å²) < 4.78 is 0. The highest BCUT2D eigenvalue weighted by Gasteiger charge is 2.08. The fourth-order valence-electron chi connectivity index (χ4n) is 0.952. The van der Waals surface area contributed by atoms with Crippen molar-refractivity contribution in [2.45, 2.75) is 6.10 Å². The SMILES string of the molecule is CN(C)CC(O)c1[c]cccn1. The van der Waals surface area contributed by atoms with E-state index in [-0.39, 0.29) is 0 Å². The lowest BCUT2D eigenvalue weighted by atomic mass is 10.2. The number of aliphatic hydroxyl groups is 1. The van der Waals surface area contributed by atoms with E-state index in [1.165, 1.54) is 0 Å². The van der Waals surface area contributed by atoms with Gasteiger partial charge >= 0.3 is 0 Å². The fraction of sp³-hybridized carbons (Fsp3) is 0.444. The molecule has 0 saturated carbocycles. The van der Waals surface area contributed by atoms with Crippen molar-refractivity contribution in [1.29, 1.82) is 0 Å². The highest BCUT2D eigenvalue weighted by atomic mass is 16.3. The van der Waals surface area contributed by atoms with Crippen molar-refractivity contribution in [2.24, 2.45) is 0 Å². The van der Waals surface area contributed by atoms with Crippen LogP contribution in [0.25, 0.3) is 0 Å². The van der Waals surface area contributed by atoms with Gasteiger partial charge in [0.25, 0.3) is 0 Å². The summed E-state index contributed by atoms with van der Waals surface area (Å²) in [6.07, 6.45) is 1.12. The molecule has 3 heteroatoms. The van der Waals surface area contributed by atoms with E-state index in [1.54, 1.807) is 18.3 Å². The van der Waals surface area contributed by atoms with Gasteiger partial charge in [-0.15, -0.1) is 0 Å². The Bertz CT molecular complexity index is 223. The van der Waals surface area contributed by atoms with Gasteiger partial charge in [-0.2, -0.15) is 0 Å². The van der Waals surface area contributed by atoms with Crippen molar-refractivity contribution < 1.29 is 5.11 Å². The average Bonchev–Trinajstić information content (AvgIpc) is 2.05. The monoisotopic (exact) mass is 165 g/mol. The Morgan fingerprint density at radius 2 is 2.42 bits per heavy atom. The first-order valence-electron chi connectivity index (χ1n) is 3.85. The van der Waals surface area contributed by atoms with E-state index in [1.807, 2.05) is 19.0 Å². The maximum Gasteiger partial charge on any atom is 0.109 e. The van der Waals surface area contributed by atoms with Crippen molar-refractivity contribution in [3.05, 3.63) is 30.1 Å². The maximum atomic E-state index is 9.56. The van der Waals surface area contributed by atoms with E-state index in [0.29, 0.717) is 12.2 Å². The number of aliphatic hydroxyl groups excluding tert-OH is 1. The zero-order valence-corrected chi connectivity index (χ0v) is 7.36. The molecule has 1 atom stereocenters. The molecule has 1 unspecified atom stereocenters. The second-order valence-electron chi connectivity index (χ2n) is 2.94. The zero-order chi connectivity index (χ0) is 8.97. The van der Waals surface area contributed by atoms with Gasteiger partial charge in [-0.25, -0.2) is 0 Å². The fourth-order valence-corrected chi connectivity index (χ4v) is 0.952. The third-order valence-electron chi connectivity index (χ3n) is 1.48. The summed E-state index contributed by atoms with van der Waals surface area (Å²) in [5, 5.41) is 9.56.